The molecule has 2 aromatic carbocycles. The fourth-order valence-corrected chi connectivity index (χ4v) is 1.66. The van der Waals surface area contributed by atoms with E-state index in [9.17, 15) is 9.90 Å². The Morgan fingerprint density at radius 3 is 2.53 bits per heavy atom. The minimum atomic E-state index is -1.03. The van der Waals surface area contributed by atoms with E-state index in [4.69, 9.17) is 9.84 Å². The van der Waals surface area contributed by atoms with Crippen LogP contribution in [-0.2, 0) is 0 Å². The van der Waals surface area contributed by atoms with Crippen LogP contribution in [0.5, 0.6) is 11.5 Å². The third-order valence-electron chi connectivity index (χ3n) is 2.62. The van der Waals surface area contributed by atoms with Crippen LogP contribution >= 0.6 is 0 Å². The zero-order valence-corrected chi connectivity index (χ0v) is 10.3. The van der Waals surface area contributed by atoms with Crippen LogP contribution in [0.4, 0.5) is 11.4 Å². The number of carbonyl (C=O) groups is 1. The lowest BCUT2D eigenvalue weighted by atomic mass is 10.1. The van der Waals surface area contributed by atoms with Gasteiger partial charge in [-0.1, -0.05) is 12.1 Å². The van der Waals surface area contributed by atoms with Gasteiger partial charge in [-0.05, 0) is 30.3 Å². The Kier molecular flexibility index (Phi) is 3.56. The second-order valence-corrected chi connectivity index (χ2v) is 3.86. The van der Waals surface area contributed by atoms with Gasteiger partial charge in [0.25, 0.3) is 0 Å². The second-order valence-electron chi connectivity index (χ2n) is 3.86. The average molecular weight is 259 g/mol. The third kappa shape index (κ3) is 2.77. The molecule has 0 radical (unpaired) electrons. The maximum absolute atomic E-state index is 11.0. The highest BCUT2D eigenvalue weighted by Gasteiger charge is 2.10. The van der Waals surface area contributed by atoms with E-state index in [1.165, 1.54) is 25.3 Å². The zero-order chi connectivity index (χ0) is 13.8. The molecule has 0 unspecified atom stereocenters. The molecule has 0 aromatic heterocycles. The first-order valence-corrected chi connectivity index (χ1v) is 5.58. The molecule has 0 aliphatic carbocycles. The first-order chi connectivity index (χ1) is 9.11. The van der Waals surface area contributed by atoms with Gasteiger partial charge in [-0.2, -0.15) is 0 Å². The van der Waals surface area contributed by atoms with E-state index >= 15 is 0 Å². The molecule has 0 heterocycles. The lowest BCUT2D eigenvalue weighted by Gasteiger charge is -2.12. The number of nitrogens with one attached hydrogen (secondary N) is 1. The van der Waals surface area contributed by atoms with Gasteiger partial charge in [0.05, 0.1) is 24.0 Å². The van der Waals surface area contributed by atoms with Gasteiger partial charge in [0.15, 0.2) is 0 Å². The van der Waals surface area contributed by atoms with Crippen LogP contribution in [0.1, 0.15) is 10.4 Å². The number of carboxylic acids is 1. The minimum absolute atomic E-state index is 0.0743. The minimum Gasteiger partial charge on any atom is -0.506 e. The van der Waals surface area contributed by atoms with Crippen molar-refractivity contribution in [3.63, 3.8) is 0 Å². The number of para-hydroxylation sites is 2. The number of carboxylic acid groups (broad SMARTS) is 1. The van der Waals surface area contributed by atoms with Crippen LogP contribution in [0, 0.1) is 0 Å². The smallest absolute Gasteiger partial charge is 0.335 e. The monoisotopic (exact) mass is 259 g/mol. The van der Waals surface area contributed by atoms with Gasteiger partial charge in [-0.15, -0.1) is 0 Å². The Balaban J connectivity index is 2.40. The van der Waals surface area contributed by atoms with E-state index in [1.807, 2.05) is 0 Å². The van der Waals surface area contributed by atoms with Crippen LogP contribution in [0.25, 0.3) is 0 Å². The fraction of sp³-hybridized carbons (Fsp3) is 0.0714. The summed E-state index contributed by atoms with van der Waals surface area (Å²) in [5, 5.41) is 21.6. The molecular formula is C14H13NO4. The first kappa shape index (κ1) is 12.8. The molecule has 2 aromatic rings. The number of hydrogen-bond acceptors (Lipinski definition) is 4. The Labute approximate surface area is 110 Å². The molecular weight excluding hydrogens is 246 g/mol. The largest absolute Gasteiger partial charge is 0.506 e. The Bertz CT molecular complexity index is 610. The summed E-state index contributed by atoms with van der Waals surface area (Å²) in [7, 11) is 1.49. The van der Waals surface area contributed by atoms with Gasteiger partial charge in [0, 0.05) is 0 Å². The molecule has 0 aliphatic heterocycles. The molecule has 5 nitrogen and oxygen atoms in total. The van der Waals surface area contributed by atoms with Gasteiger partial charge in [-0.25, -0.2) is 4.79 Å². The molecule has 0 bridgehead atoms. The molecule has 98 valence electrons. The van der Waals surface area contributed by atoms with Crippen molar-refractivity contribution in [2.45, 2.75) is 0 Å². The highest BCUT2D eigenvalue weighted by atomic mass is 16.5. The molecule has 0 atom stereocenters. The standard InChI is InChI=1S/C14H13NO4/c1-19-13-7-6-9(14(17)18)8-11(13)15-10-4-2-3-5-12(10)16/h2-8,15-16H,1H3,(H,17,18). The van der Waals surface area contributed by atoms with Crippen LogP contribution in [0.15, 0.2) is 42.5 Å². The Hall–Kier alpha value is -2.69. The topological polar surface area (TPSA) is 78.8 Å². The van der Waals surface area contributed by atoms with E-state index in [0.29, 0.717) is 17.1 Å². The van der Waals surface area contributed by atoms with Crippen molar-refractivity contribution in [1.29, 1.82) is 0 Å². The molecule has 2 rings (SSSR count). The number of hydrogen-bond donors (Lipinski definition) is 3. The van der Waals surface area contributed by atoms with E-state index in [1.54, 1.807) is 24.3 Å². The van der Waals surface area contributed by atoms with Crippen molar-refractivity contribution in [2.24, 2.45) is 0 Å². The molecule has 0 aliphatic rings. The van der Waals surface area contributed by atoms with Crippen molar-refractivity contribution < 1.29 is 19.7 Å². The van der Waals surface area contributed by atoms with Crippen LogP contribution in [0.3, 0.4) is 0 Å². The molecule has 0 spiro atoms. The maximum Gasteiger partial charge on any atom is 0.335 e. The summed E-state index contributed by atoms with van der Waals surface area (Å²) >= 11 is 0. The summed E-state index contributed by atoms with van der Waals surface area (Å²) in [6, 6.07) is 11.1. The van der Waals surface area contributed by atoms with E-state index < -0.39 is 5.97 Å². The number of phenolic OH excluding ortho intramolecular Hbond substituents is 1. The van der Waals surface area contributed by atoms with Gasteiger partial charge < -0.3 is 20.3 Å². The normalized spacial score (nSPS) is 9.95. The molecule has 0 saturated carbocycles. The number of anilines is 2. The predicted octanol–water partition coefficient (Wildman–Crippen LogP) is 2.84. The molecule has 0 saturated heterocycles. The van der Waals surface area contributed by atoms with Crippen LogP contribution < -0.4 is 10.1 Å². The van der Waals surface area contributed by atoms with Crippen LogP contribution in [-0.4, -0.2) is 23.3 Å². The molecule has 19 heavy (non-hydrogen) atoms. The summed E-state index contributed by atoms with van der Waals surface area (Å²) < 4.78 is 5.16. The zero-order valence-electron chi connectivity index (χ0n) is 10.3. The fourth-order valence-electron chi connectivity index (χ4n) is 1.66. The number of phenols is 1. The molecule has 5 heteroatoms. The Morgan fingerprint density at radius 2 is 1.89 bits per heavy atom. The highest BCUT2D eigenvalue weighted by molar-refractivity contribution is 5.90. The van der Waals surface area contributed by atoms with E-state index in [2.05, 4.69) is 5.32 Å². The summed E-state index contributed by atoms with van der Waals surface area (Å²) in [5.41, 5.74) is 1.09. The van der Waals surface area contributed by atoms with Gasteiger partial charge in [-0.3, -0.25) is 0 Å². The number of rotatable bonds is 4. The van der Waals surface area contributed by atoms with Crippen molar-refractivity contribution >= 4 is 17.3 Å². The van der Waals surface area contributed by atoms with Crippen molar-refractivity contribution in [2.75, 3.05) is 12.4 Å². The number of aromatic hydroxyl groups is 1. The van der Waals surface area contributed by atoms with Gasteiger partial charge in [0.2, 0.25) is 0 Å². The van der Waals surface area contributed by atoms with Gasteiger partial charge >= 0.3 is 5.97 Å². The predicted molar refractivity (Wildman–Crippen MR) is 71.3 cm³/mol. The summed E-state index contributed by atoms with van der Waals surface area (Å²) in [6.07, 6.45) is 0. The number of ether oxygens (including phenoxy) is 1. The lowest BCUT2D eigenvalue weighted by Crippen LogP contribution is -2.00. The Morgan fingerprint density at radius 1 is 1.16 bits per heavy atom. The molecule has 3 N–H and O–H groups in total. The first-order valence-electron chi connectivity index (χ1n) is 5.58. The van der Waals surface area contributed by atoms with Crippen molar-refractivity contribution in [1.82, 2.24) is 0 Å². The van der Waals surface area contributed by atoms with Crippen molar-refractivity contribution in [3.05, 3.63) is 48.0 Å². The van der Waals surface area contributed by atoms with Gasteiger partial charge in [0.1, 0.15) is 11.5 Å². The average Bonchev–Trinajstić information content (AvgIpc) is 2.41. The molecule has 0 amide bonds. The SMILES string of the molecule is COc1ccc(C(=O)O)cc1Nc1ccccc1O. The number of benzene rings is 2. The summed E-state index contributed by atoms with van der Waals surface area (Å²) in [6.45, 7) is 0. The molecule has 0 fully saturated rings. The third-order valence-corrected chi connectivity index (χ3v) is 2.62. The van der Waals surface area contributed by atoms with Crippen molar-refractivity contribution in [3.8, 4) is 11.5 Å². The summed E-state index contributed by atoms with van der Waals surface area (Å²) in [5.74, 6) is -0.457. The van der Waals surface area contributed by atoms with E-state index in [-0.39, 0.29) is 11.3 Å². The summed E-state index contributed by atoms with van der Waals surface area (Å²) in [4.78, 5) is 11.0. The van der Waals surface area contributed by atoms with E-state index in [0.717, 1.165) is 0 Å². The quantitative estimate of drug-likeness (QED) is 0.736. The highest BCUT2D eigenvalue weighted by Crippen LogP contribution is 2.32. The maximum atomic E-state index is 11.0. The second kappa shape index (κ2) is 5.30. The number of methoxy groups -OCH3 is 1. The number of aromatic carboxylic acids is 1. The lowest BCUT2D eigenvalue weighted by molar-refractivity contribution is 0.0697. The van der Waals surface area contributed by atoms with Crippen LogP contribution in [0.2, 0.25) is 0 Å².